The first-order valence-electron chi connectivity index (χ1n) is 4.22. The van der Waals surface area contributed by atoms with Crippen molar-refractivity contribution in [1.29, 1.82) is 5.41 Å². The zero-order valence-electron chi connectivity index (χ0n) is 7.49. The van der Waals surface area contributed by atoms with E-state index in [0.717, 1.165) is 11.3 Å². The molecule has 0 atom stereocenters. The molecule has 0 radical (unpaired) electrons. The van der Waals surface area contributed by atoms with Crippen molar-refractivity contribution < 1.29 is 0 Å². The normalized spacial score (nSPS) is 10.0. The van der Waals surface area contributed by atoms with Crippen LogP contribution in [0.15, 0.2) is 30.3 Å². The van der Waals surface area contributed by atoms with Gasteiger partial charge in [-0.3, -0.25) is 5.10 Å². The third-order valence-electron chi connectivity index (χ3n) is 2.04. The lowest BCUT2D eigenvalue weighted by atomic mass is 10.1. The molecule has 0 aliphatic carbocycles. The van der Waals surface area contributed by atoms with Gasteiger partial charge in [0.2, 0.25) is 0 Å². The second-order valence-corrected chi connectivity index (χ2v) is 2.91. The lowest BCUT2D eigenvalue weighted by molar-refractivity contribution is 1.10. The summed E-state index contributed by atoms with van der Waals surface area (Å²) in [5.41, 5.74) is 8.00. The van der Waals surface area contributed by atoms with E-state index in [-0.39, 0.29) is 0 Å². The van der Waals surface area contributed by atoms with E-state index in [0.29, 0.717) is 11.4 Å². The SMILES string of the molecule is N=Cc1c(N)n[nH]c1-c1ccccc1. The van der Waals surface area contributed by atoms with Crippen molar-refractivity contribution in [3.63, 3.8) is 0 Å². The molecule has 0 aliphatic rings. The van der Waals surface area contributed by atoms with E-state index in [4.69, 9.17) is 11.1 Å². The number of nitrogens with two attached hydrogens (primary N) is 1. The molecule has 0 aliphatic heterocycles. The average Bonchev–Trinajstić information content (AvgIpc) is 2.61. The van der Waals surface area contributed by atoms with E-state index in [2.05, 4.69) is 10.2 Å². The van der Waals surface area contributed by atoms with E-state index in [1.54, 1.807) is 0 Å². The van der Waals surface area contributed by atoms with Crippen LogP contribution >= 0.6 is 0 Å². The molecule has 4 N–H and O–H groups in total. The van der Waals surface area contributed by atoms with Gasteiger partial charge in [-0.25, -0.2) is 0 Å². The summed E-state index contributed by atoms with van der Waals surface area (Å²) >= 11 is 0. The number of aromatic amines is 1. The number of nitrogens with one attached hydrogen (secondary N) is 2. The molecule has 0 unspecified atom stereocenters. The minimum absolute atomic E-state index is 0.360. The second-order valence-electron chi connectivity index (χ2n) is 2.91. The van der Waals surface area contributed by atoms with Gasteiger partial charge in [-0.05, 0) is 0 Å². The standard InChI is InChI=1S/C10H10N4/c11-6-8-9(13-14-10(8)12)7-4-2-1-3-5-7/h1-6,11H,(H3,12,13,14). The number of nitrogen functional groups attached to an aromatic ring is 1. The van der Waals surface area contributed by atoms with E-state index < -0.39 is 0 Å². The topological polar surface area (TPSA) is 78.6 Å². The van der Waals surface area contributed by atoms with Crippen LogP contribution < -0.4 is 5.73 Å². The molecule has 1 aromatic carbocycles. The summed E-state index contributed by atoms with van der Waals surface area (Å²) in [6.07, 6.45) is 1.21. The first-order chi connectivity index (χ1) is 6.83. The Morgan fingerprint density at radius 1 is 1.29 bits per heavy atom. The summed E-state index contributed by atoms with van der Waals surface area (Å²) in [7, 11) is 0. The number of rotatable bonds is 2. The zero-order chi connectivity index (χ0) is 9.97. The van der Waals surface area contributed by atoms with Crippen LogP contribution in [0, 0.1) is 5.41 Å². The highest BCUT2D eigenvalue weighted by atomic mass is 15.2. The van der Waals surface area contributed by atoms with Gasteiger partial charge in [0.15, 0.2) is 5.82 Å². The molecule has 2 rings (SSSR count). The maximum Gasteiger partial charge on any atom is 0.154 e. The van der Waals surface area contributed by atoms with E-state index in [9.17, 15) is 0 Å². The Labute approximate surface area is 81.3 Å². The van der Waals surface area contributed by atoms with Gasteiger partial charge < -0.3 is 11.1 Å². The highest BCUT2D eigenvalue weighted by Crippen LogP contribution is 2.22. The number of nitrogens with zero attached hydrogens (tertiary/aromatic N) is 1. The van der Waals surface area contributed by atoms with Gasteiger partial charge in [0.05, 0.1) is 11.3 Å². The fraction of sp³-hybridized carbons (Fsp3) is 0. The molecule has 0 bridgehead atoms. The van der Waals surface area contributed by atoms with Crippen molar-refractivity contribution in [2.24, 2.45) is 0 Å². The fourth-order valence-electron chi connectivity index (χ4n) is 1.34. The van der Waals surface area contributed by atoms with Crippen LogP contribution in [0.5, 0.6) is 0 Å². The molecule has 0 saturated heterocycles. The minimum atomic E-state index is 0.360. The third kappa shape index (κ3) is 1.26. The third-order valence-corrected chi connectivity index (χ3v) is 2.04. The Morgan fingerprint density at radius 3 is 2.64 bits per heavy atom. The predicted molar refractivity (Wildman–Crippen MR) is 56.3 cm³/mol. The molecule has 2 aromatic rings. The van der Waals surface area contributed by atoms with Gasteiger partial charge >= 0.3 is 0 Å². The Bertz CT molecular complexity index is 444. The monoisotopic (exact) mass is 186 g/mol. The minimum Gasteiger partial charge on any atom is -0.382 e. The molecule has 0 fully saturated rings. The summed E-state index contributed by atoms with van der Waals surface area (Å²) in [5.74, 6) is 0.360. The molecule has 0 amide bonds. The molecule has 4 heteroatoms. The Morgan fingerprint density at radius 2 is 2.00 bits per heavy atom. The summed E-state index contributed by atoms with van der Waals surface area (Å²) in [6, 6.07) is 9.69. The van der Waals surface area contributed by atoms with Gasteiger partial charge in [0, 0.05) is 11.8 Å². The first kappa shape index (κ1) is 8.50. The Hall–Kier alpha value is -2.10. The molecule has 4 nitrogen and oxygen atoms in total. The van der Waals surface area contributed by atoms with E-state index in [1.807, 2.05) is 30.3 Å². The molecule has 1 heterocycles. The van der Waals surface area contributed by atoms with E-state index in [1.165, 1.54) is 6.21 Å². The predicted octanol–water partition coefficient (Wildman–Crippen LogP) is 1.66. The molecule has 0 spiro atoms. The van der Waals surface area contributed by atoms with Gasteiger partial charge in [-0.1, -0.05) is 30.3 Å². The molecule has 1 aromatic heterocycles. The van der Waals surface area contributed by atoms with Gasteiger partial charge in [0.25, 0.3) is 0 Å². The Kier molecular flexibility index (Phi) is 2.02. The van der Waals surface area contributed by atoms with Crippen LogP contribution in [0.4, 0.5) is 5.82 Å². The van der Waals surface area contributed by atoms with Crippen molar-refractivity contribution in [3.8, 4) is 11.3 Å². The lowest BCUT2D eigenvalue weighted by Gasteiger charge is -1.97. The molecule has 14 heavy (non-hydrogen) atoms. The van der Waals surface area contributed by atoms with Crippen LogP contribution in [0.25, 0.3) is 11.3 Å². The summed E-state index contributed by atoms with van der Waals surface area (Å²) in [5, 5.41) is 13.9. The molecule has 0 saturated carbocycles. The second kappa shape index (κ2) is 3.33. The van der Waals surface area contributed by atoms with Crippen molar-refractivity contribution in [2.45, 2.75) is 0 Å². The van der Waals surface area contributed by atoms with Crippen LogP contribution in [0.1, 0.15) is 5.56 Å². The number of H-pyrrole nitrogens is 1. The van der Waals surface area contributed by atoms with Crippen molar-refractivity contribution in [2.75, 3.05) is 5.73 Å². The number of hydrogen-bond acceptors (Lipinski definition) is 3. The lowest BCUT2D eigenvalue weighted by Crippen LogP contribution is -1.90. The summed E-state index contributed by atoms with van der Waals surface area (Å²) < 4.78 is 0. The van der Waals surface area contributed by atoms with Crippen LogP contribution in [0.2, 0.25) is 0 Å². The summed E-state index contributed by atoms with van der Waals surface area (Å²) in [4.78, 5) is 0. The summed E-state index contributed by atoms with van der Waals surface area (Å²) in [6.45, 7) is 0. The molecular formula is C10H10N4. The van der Waals surface area contributed by atoms with Gasteiger partial charge in [0.1, 0.15) is 0 Å². The Balaban J connectivity index is 2.57. The molecule has 70 valence electrons. The zero-order valence-corrected chi connectivity index (χ0v) is 7.49. The highest BCUT2D eigenvalue weighted by Gasteiger charge is 2.09. The largest absolute Gasteiger partial charge is 0.382 e. The maximum absolute atomic E-state index is 7.23. The van der Waals surface area contributed by atoms with Gasteiger partial charge in [-0.15, -0.1) is 0 Å². The van der Waals surface area contributed by atoms with Gasteiger partial charge in [-0.2, -0.15) is 5.10 Å². The van der Waals surface area contributed by atoms with Crippen LogP contribution in [0.3, 0.4) is 0 Å². The van der Waals surface area contributed by atoms with Crippen LogP contribution in [-0.4, -0.2) is 16.4 Å². The van der Waals surface area contributed by atoms with E-state index >= 15 is 0 Å². The number of benzene rings is 1. The molecular weight excluding hydrogens is 176 g/mol. The quantitative estimate of drug-likeness (QED) is 0.623. The van der Waals surface area contributed by atoms with Crippen LogP contribution in [-0.2, 0) is 0 Å². The smallest absolute Gasteiger partial charge is 0.154 e. The first-order valence-corrected chi connectivity index (χ1v) is 4.22. The number of aromatic nitrogens is 2. The fourth-order valence-corrected chi connectivity index (χ4v) is 1.34. The maximum atomic E-state index is 7.23. The average molecular weight is 186 g/mol. The van der Waals surface area contributed by atoms with Crippen molar-refractivity contribution in [1.82, 2.24) is 10.2 Å². The van der Waals surface area contributed by atoms with Crippen molar-refractivity contribution >= 4 is 12.0 Å². The van der Waals surface area contributed by atoms with Crippen molar-refractivity contribution in [3.05, 3.63) is 35.9 Å². The number of anilines is 1. The number of hydrogen-bond donors (Lipinski definition) is 3. The highest BCUT2D eigenvalue weighted by molar-refractivity contribution is 5.92.